The standard InChI is InChI=1S/C10H6N4O2S/c15-5-13-14-4-12-7-6-2-1-3-11-9(6)17-8(7)10(14)16/h1-5H,(H,13,15). The summed E-state index contributed by atoms with van der Waals surface area (Å²) >= 11 is 1.27. The zero-order valence-corrected chi connectivity index (χ0v) is 9.27. The van der Waals surface area contributed by atoms with E-state index in [1.807, 2.05) is 6.07 Å². The molecule has 17 heavy (non-hydrogen) atoms. The third-order valence-electron chi connectivity index (χ3n) is 2.35. The number of rotatable bonds is 2. The second kappa shape index (κ2) is 3.63. The maximum absolute atomic E-state index is 12.0. The molecule has 3 aromatic rings. The van der Waals surface area contributed by atoms with Gasteiger partial charge in [-0.2, -0.15) is 0 Å². The Labute approximate surface area is 98.5 Å². The third kappa shape index (κ3) is 1.40. The molecule has 6 nitrogen and oxygen atoms in total. The van der Waals surface area contributed by atoms with E-state index in [0.29, 0.717) is 16.6 Å². The minimum atomic E-state index is -0.301. The van der Waals surface area contributed by atoms with Crippen molar-refractivity contribution in [2.24, 2.45) is 0 Å². The number of nitrogens with one attached hydrogen (secondary N) is 1. The minimum absolute atomic E-state index is 0.301. The zero-order chi connectivity index (χ0) is 11.8. The smallest absolute Gasteiger partial charge is 0.277 e. The van der Waals surface area contributed by atoms with Crippen LogP contribution in [-0.4, -0.2) is 21.1 Å². The summed E-state index contributed by atoms with van der Waals surface area (Å²) < 4.78 is 1.53. The Kier molecular flexibility index (Phi) is 2.12. The van der Waals surface area contributed by atoms with Crippen molar-refractivity contribution in [3.8, 4) is 0 Å². The van der Waals surface area contributed by atoms with Crippen molar-refractivity contribution in [1.29, 1.82) is 0 Å². The molecule has 0 saturated heterocycles. The van der Waals surface area contributed by atoms with E-state index in [0.717, 1.165) is 14.9 Å². The van der Waals surface area contributed by atoms with Crippen molar-refractivity contribution in [2.45, 2.75) is 0 Å². The summed E-state index contributed by atoms with van der Waals surface area (Å²) in [6.45, 7) is 0. The number of nitrogens with zero attached hydrogens (tertiary/aromatic N) is 3. The van der Waals surface area contributed by atoms with Crippen LogP contribution in [-0.2, 0) is 4.79 Å². The lowest BCUT2D eigenvalue weighted by Gasteiger charge is -2.00. The molecule has 0 saturated carbocycles. The molecule has 3 heterocycles. The van der Waals surface area contributed by atoms with Crippen molar-refractivity contribution in [3.63, 3.8) is 0 Å². The number of fused-ring (bicyclic) bond motifs is 3. The molecule has 0 spiro atoms. The maximum atomic E-state index is 12.0. The van der Waals surface area contributed by atoms with E-state index in [1.165, 1.54) is 17.7 Å². The van der Waals surface area contributed by atoms with Gasteiger partial charge in [0.15, 0.2) is 0 Å². The first kappa shape index (κ1) is 9.91. The molecule has 3 rings (SSSR count). The molecule has 84 valence electrons. The average Bonchev–Trinajstić information content (AvgIpc) is 2.73. The number of thiophene rings is 1. The molecule has 0 unspecified atom stereocenters. The third-order valence-corrected chi connectivity index (χ3v) is 3.44. The number of carbonyl (C=O) groups is 1. The largest absolute Gasteiger partial charge is 0.290 e. The highest BCUT2D eigenvalue weighted by molar-refractivity contribution is 7.25. The number of hydrogen-bond acceptors (Lipinski definition) is 5. The first-order valence-electron chi connectivity index (χ1n) is 4.76. The van der Waals surface area contributed by atoms with Gasteiger partial charge in [-0.05, 0) is 12.1 Å². The molecule has 0 aromatic carbocycles. The molecule has 7 heteroatoms. The molecule has 0 aliphatic rings. The van der Waals surface area contributed by atoms with E-state index >= 15 is 0 Å². The van der Waals surface area contributed by atoms with Gasteiger partial charge in [-0.3, -0.25) is 15.0 Å². The van der Waals surface area contributed by atoms with Gasteiger partial charge in [-0.25, -0.2) is 14.6 Å². The van der Waals surface area contributed by atoms with Gasteiger partial charge in [0.25, 0.3) is 5.56 Å². The van der Waals surface area contributed by atoms with Gasteiger partial charge in [0.2, 0.25) is 6.41 Å². The van der Waals surface area contributed by atoms with E-state index in [-0.39, 0.29) is 5.56 Å². The Morgan fingerprint density at radius 1 is 1.41 bits per heavy atom. The molecule has 1 N–H and O–H groups in total. The van der Waals surface area contributed by atoms with Gasteiger partial charge in [-0.1, -0.05) is 0 Å². The summed E-state index contributed by atoms with van der Waals surface area (Å²) in [5.41, 5.74) is 2.58. The van der Waals surface area contributed by atoms with Gasteiger partial charge in [0, 0.05) is 11.6 Å². The Balaban J connectivity index is 2.44. The summed E-state index contributed by atoms with van der Waals surface area (Å²) in [5, 5.41) is 0.850. The normalized spacial score (nSPS) is 10.8. The van der Waals surface area contributed by atoms with Gasteiger partial charge in [0.1, 0.15) is 15.9 Å². The second-order valence-electron chi connectivity index (χ2n) is 3.30. The minimum Gasteiger partial charge on any atom is -0.277 e. The van der Waals surface area contributed by atoms with Gasteiger partial charge >= 0.3 is 0 Å². The molecule has 0 atom stereocenters. The van der Waals surface area contributed by atoms with Gasteiger partial charge < -0.3 is 0 Å². The lowest BCUT2D eigenvalue weighted by molar-refractivity contribution is -0.106. The fraction of sp³-hybridized carbons (Fsp3) is 0. The number of carbonyl (C=O) groups excluding carboxylic acids is 1. The van der Waals surface area contributed by atoms with Crippen LogP contribution >= 0.6 is 11.3 Å². The summed E-state index contributed by atoms with van der Waals surface area (Å²) in [6.07, 6.45) is 3.39. The molecule has 0 radical (unpaired) electrons. The topological polar surface area (TPSA) is 76.9 Å². The summed E-state index contributed by atoms with van der Waals surface area (Å²) in [4.78, 5) is 31.4. The van der Waals surface area contributed by atoms with Crippen LogP contribution in [0.5, 0.6) is 0 Å². The predicted molar refractivity (Wildman–Crippen MR) is 64.6 cm³/mol. The van der Waals surface area contributed by atoms with Crippen molar-refractivity contribution >= 4 is 38.2 Å². The lowest BCUT2D eigenvalue weighted by atomic mass is 10.3. The monoisotopic (exact) mass is 246 g/mol. The van der Waals surface area contributed by atoms with Crippen LogP contribution in [0.4, 0.5) is 0 Å². The van der Waals surface area contributed by atoms with Crippen molar-refractivity contribution in [3.05, 3.63) is 35.0 Å². The van der Waals surface area contributed by atoms with E-state index in [1.54, 1.807) is 12.3 Å². The van der Waals surface area contributed by atoms with Crippen LogP contribution in [0, 0.1) is 0 Å². The SMILES string of the molecule is O=CNn1cnc2c(sc3ncccc32)c1=O. The highest BCUT2D eigenvalue weighted by Gasteiger charge is 2.11. The van der Waals surface area contributed by atoms with Gasteiger partial charge in [-0.15, -0.1) is 11.3 Å². The molecule has 3 aromatic heterocycles. The van der Waals surface area contributed by atoms with E-state index in [2.05, 4.69) is 15.4 Å². The molecule has 1 amide bonds. The fourth-order valence-corrected chi connectivity index (χ4v) is 2.65. The first-order chi connectivity index (χ1) is 8.31. The van der Waals surface area contributed by atoms with Gasteiger partial charge in [0.05, 0.1) is 5.52 Å². The van der Waals surface area contributed by atoms with Crippen LogP contribution in [0.25, 0.3) is 20.4 Å². The quantitative estimate of drug-likeness (QED) is 0.675. The average molecular weight is 246 g/mol. The Hall–Kier alpha value is -2.28. The highest BCUT2D eigenvalue weighted by atomic mass is 32.1. The molecule has 0 aliphatic heterocycles. The predicted octanol–water partition coefficient (Wildman–Crippen LogP) is 0.706. The van der Waals surface area contributed by atoms with Crippen LogP contribution in [0.2, 0.25) is 0 Å². The maximum Gasteiger partial charge on any atom is 0.290 e. The fourth-order valence-electron chi connectivity index (χ4n) is 1.62. The Bertz CT molecular complexity index is 777. The molecule has 0 fully saturated rings. The Morgan fingerprint density at radius 3 is 3.12 bits per heavy atom. The van der Waals surface area contributed by atoms with Crippen LogP contribution < -0.4 is 11.0 Å². The highest BCUT2D eigenvalue weighted by Crippen LogP contribution is 2.27. The molecular weight excluding hydrogens is 240 g/mol. The van der Waals surface area contributed by atoms with E-state index in [4.69, 9.17) is 0 Å². The van der Waals surface area contributed by atoms with E-state index < -0.39 is 0 Å². The molecule has 0 aliphatic carbocycles. The molecule has 0 bridgehead atoms. The van der Waals surface area contributed by atoms with Crippen LogP contribution in [0.3, 0.4) is 0 Å². The number of amides is 1. The van der Waals surface area contributed by atoms with Crippen LogP contribution in [0.15, 0.2) is 29.5 Å². The second-order valence-corrected chi connectivity index (χ2v) is 4.30. The van der Waals surface area contributed by atoms with Crippen LogP contribution in [0.1, 0.15) is 0 Å². The summed E-state index contributed by atoms with van der Waals surface area (Å²) in [5.74, 6) is 0. The Morgan fingerprint density at radius 2 is 2.29 bits per heavy atom. The van der Waals surface area contributed by atoms with E-state index in [9.17, 15) is 9.59 Å². The summed E-state index contributed by atoms with van der Waals surface area (Å²) in [7, 11) is 0. The zero-order valence-electron chi connectivity index (χ0n) is 8.45. The van der Waals surface area contributed by atoms with Crippen molar-refractivity contribution in [2.75, 3.05) is 5.43 Å². The van der Waals surface area contributed by atoms with Crippen molar-refractivity contribution < 1.29 is 4.79 Å². The lowest BCUT2D eigenvalue weighted by Crippen LogP contribution is -2.27. The number of pyridine rings is 1. The van der Waals surface area contributed by atoms with Crippen molar-refractivity contribution in [1.82, 2.24) is 14.6 Å². The molecular formula is C10H6N4O2S. The first-order valence-corrected chi connectivity index (χ1v) is 5.58. The number of hydrogen-bond donors (Lipinski definition) is 1. The number of aromatic nitrogens is 3. The summed E-state index contributed by atoms with van der Waals surface area (Å²) in [6, 6.07) is 3.66.